The van der Waals surface area contributed by atoms with Gasteiger partial charge in [-0.25, -0.2) is 4.79 Å². The predicted octanol–water partition coefficient (Wildman–Crippen LogP) is 2.04. The minimum Gasteiger partial charge on any atom is -0.497 e. The summed E-state index contributed by atoms with van der Waals surface area (Å²) in [6, 6.07) is 9.96. The number of hydrogen-bond acceptors (Lipinski definition) is 5. The third-order valence-electron chi connectivity index (χ3n) is 3.49. The van der Waals surface area contributed by atoms with Crippen molar-refractivity contribution >= 4 is 34.1 Å². The number of benzene rings is 1. The molecular formula is C17H21N5O3S. The number of anilines is 1. The Bertz CT molecular complexity index is 805. The maximum absolute atomic E-state index is 12.0. The lowest BCUT2D eigenvalue weighted by Crippen LogP contribution is -2.39. The van der Waals surface area contributed by atoms with Gasteiger partial charge in [0.1, 0.15) is 11.6 Å². The quantitative estimate of drug-likeness (QED) is 0.374. The average Bonchev–Trinajstić information content (AvgIpc) is 3.08. The largest absolute Gasteiger partial charge is 0.497 e. The van der Waals surface area contributed by atoms with Gasteiger partial charge >= 0.3 is 6.03 Å². The van der Waals surface area contributed by atoms with Gasteiger partial charge in [0.05, 0.1) is 29.6 Å². The zero-order valence-corrected chi connectivity index (χ0v) is 15.3. The fourth-order valence-corrected chi connectivity index (χ4v) is 2.92. The van der Waals surface area contributed by atoms with Crippen LogP contribution in [0.5, 0.6) is 5.75 Å². The zero-order valence-electron chi connectivity index (χ0n) is 14.5. The molecule has 0 aliphatic rings. The van der Waals surface area contributed by atoms with Crippen LogP contribution in [0.3, 0.4) is 0 Å². The molecule has 138 valence electrons. The van der Waals surface area contributed by atoms with Crippen molar-refractivity contribution in [2.24, 2.45) is 5.73 Å². The van der Waals surface area contributed by atoms with E-state index in [1.54, 1.807) is 19.2 Å². The van der Waals surface area contributed by atoms with Gasteiger partial charge in [-0.1, -0.05) is 12.1 Å². The lowest BCUT2D eigenvalue weighted by atomic mass is 10.1. The van der Waals surface area contributed by atoms with E-state index in [0.717, 1.165) is 5.56 Å². The van der Waals surface area contributed by atoms with E-state index in [9.17, 15) is 9.59 Å². The van der Waals surface area contributed by atoms with Gasteiger partial charge in [0, 0.05) is 0 Å². The van der Waals surface area contributed by atoms with Gasteiger partial charge in [-0.05, 0) is 36.8 Å². The summed E-state index contributed by atoms with van der Waals surface area (Å²) in [5, 5.41) is 15.8. The number of thiophene rings is 1. The van der Waals surface area contributed by atoms with Crippen LogP contribution in [-0.4, -0.2) is 31.4 Å². The van der Waals surface area contributed by atoms with E-state index in [4.69, 9.17) is 15.9 Å². The molecule has 0 aliphatic heterocycles. The van der Waals surface area contributed by atoms with Crippen molar-refractivity contribution in [2.75, 3.05) is 19.0 Å². The number of carbonyl (C=O) groups excluding carboxylic acids is 2. The van der Waals surface area contributed by atoms with Crippen LogP contribution in [0.4, 0.5) is 9.80 Å². The van der Waals surface area contributed by atoms with E-state index in [1.807, 2.05) is 31.2 Å². The number of hydrogen-bond donors (Lipinski definition) is 5. The molecule has 9 heteroatoms. The highest BCUT2D eigenvalue weighted by Crippen LogP contribution is 2.21. The van der Waals surface area contributed by atoms with E-state index in [0.29, 0.717) is 15.6 Å². The summed E-state index contributed by atoms with van der Waals surface area (Å²) in [5.41, 5.74) is 6.27. The monoisotopic (exact) mass is 375 g/mol. The number of rotatable bonds is 7. The minimum absolute atomic E-state index is 0.0608. The van der Waals surface area contributed by atoms with E-state index >= 15 is 0 Å². The van der Waals surface area contributed by atoms with Crippen molar-refractivity contribution in [2.45, 2.75) is 13.0 Å². The van der Waals surface area contributed by atoms with Crippen molar-refractivity contribution in [1.82, 2.24) is 10.6 Å². The van der Waals surface area contributed by atoms with Crippen molar-refractivity contribution in [3.63, 3.8) is 0 Å². The third-order valence-corrected chi connectivity index (χ3v) is 4.52. The molecule has 0 radical (unpaired) electrons. The highest BCUT2D eigenvalue weighted by Gasteiger charge is 2.12. The van der Waals surface area contributed by atoms with Gasteiger partial charge in [0.15, 0.2) is 0 Å². The van der Waals surface area contributed by atoms with Crippen LogP contribution in [0.2, 0.25) is 0 Å². The molecule has 0 saturated heterocycles. The number of amides is 3. The number of nitrogens with two attached hydrogens (primary N) is 1. The molecule has 0 bridgehead atoms. The van der Waals surface area contributed by atoms with Crippen LogP contribution in [0.1, 0.15) is 23.4 Å². The Morgan fingerprint density at radius 2 is 2.08 bits per heavy atom. The molecule has 2 aromatic rings. The van der Waals surface area contributed by atoms with Crippen LogP contribution in [0.25, 0.3) is 0 Å². The first-order valence-corrected chi connectivity index (χ1v) is 8.63. The Balaban J connectivity index is 1.79. The summed E-state index contributed by atoms with van der Waals surface area (Å²) in [6.07, 6.45) is 0. The van der Waals surface area contributed by atoms with Gasteiger partial charge < -0.3 is 21.1 Å². The smallest absolute Gasteiger partial charge is 0.320 e. The molecule has 1 aromatic carbocycles. The van der Waals surface area contributed by atoms with Crippen molar-refractivity contribution in [3.05, 3.63) is 46.8 Å². The van der Waals surface area contributed by atoms with Crippen LogP contribution in [-0.2, 0) is 4.79 Å². The molecule has 3 amide bonds. The normalized spacial score (nSPS) is 11.3. The van der Waals surface area contributed by atoms with Crippen molar-refractivity contribution in [3.8, 4) is 5.75 Å². The second-order valence-electron chi connectivity index (χ2n) is 5.45. The predicted molar refractivity (Wildman–Crippen MR) is 102 cm³/mol. The summed E-state index contributed by atoms with van der Waals surface area (Å²) in [5.74, 6) is 0.336. The Morgan fingerprint density at radius 1 is 1.31 bits per heavy atom. The molecule has 0 fully saturated rings. The maximum atomic E-state index is 12.0. The lowest BCUT2D eigenvalue weighted by molar-refractivity contribution is -0.120. The topological polar surface area (TPSA) is 129 Å². The van der Waals surface area contributed by atoms with E-state index in [-0.39, 0.29) is 24.3 Å². The molecule has 1 unspecified atom stereocenters. The molecule has 6 N–H and O–H groups in total. The molecule has 1 atom stereocenters. The average molecular weight is 375 g/mol. The van der Waals surface area contributed by atoms with E-state index in [1.165, 1.54) is 11.3 Å². The summed E-state index contributed by atoms with van der Waals surface area (Å²) in [6.45, 7) is 1.69. The van der Waals surface area contributed by atoms with Gasteiger partial charge in [-0.2, -0.15) is 0 Å². The van der Waals surface area contributed by atoms with E-state index < -0.39 is 6.03 Å². The molecular weight excluding hydrogens is 354 g/mol. The summed E-state index contributed by atoms with van der Waals surface area (Å²) < 4.78 is 5.16. The first kappa shape index (κ1) is 19.3. The standard InChI is InChI=1S/C17H21N5O3S/c1-10(11-4-3-5-12(8-11)25-2)21-14(23)9-20-17(24)22-15-7-6-13(26-15)16(18)19/h3-8,10H,9H2,1-2H3,(H3,18,19)(H,21,23)(H2,20,22,24). The Kier molecular flexibility index (Phi) is 6.56. The summed E-state index contributed by atoms with van der Waals surface area (Å²) in [4.78, 5) is 24.4. The first-order valence-electron chi connectivity index (χ1n) is 7.81. The second kappa shape index (κ2) is 8.86. The number of nitrogens with one attached hydrogen (secondary N) is 4. The first-order chi connectivity index (χ1) is 12.4. The molecule has 0 saturated carbocycles. The number of carbonyl (C=O) groups is 2. The van der Waals surface area contributed by atoms with Gasteiger partial charge in [0.25, 0.3) is 0 Å². The highest BCUT2D eigenvalue weighted by atomic mass is 32.1. The second-order valence-corrected chi connectivity index (χ2v) is 6.53. The summed E-state index contributed by atoms with van der Waals surface area (Å²) in [7, 11) is 1.58. The molecule has 1 heterocycles. The molecule has 0 aliphatic carbocycles. The van der Waals surface area contributed by atoms with Gasteiger partial charge in [-0.3, -0.25) is 15.5 Å². The van der Waals surface area contributed by atoms with Crippen LogP contribution in [0.15, 0.2) is 36.4 Å². The number of urea groups is 1. The van der Waals surface area contributed by atoms with Crippen LogP contribution < -0.4 is 26.4 Å². The van der Waals surface area contributed by atoms with Gasteiger partial charge in [0.2, 0.25) is 5.91 Å². The Morgan fingerprint density at radius 3 is 2.73 bits per heavy atom. The molecule has 0 spiro atoms. The molecule has 2 rings (SSSR count). The third kappa shape index (κ3) is 5.49. The lowest BCUT2D eigenvalue weighted by Gasteiger charge is -2.15. The van der Waals surface area contributed by atoms with Crippen molar-refractivity contribution in [1.29, 1.82) is 5.41 Å². The SMILES string of the molecule is COc1cccc(C(C)NC(=O)CNC(=O)Nc2ccc(C(=N)N)s2)c1. The number of nitrogen functional groups attached to an aromatic ring is 1. The summed E-state index contributed by atoms with van der Waals surface area (Å²) >= 11 is 1.18. The maximum Gasteiger partial charge on any atom is 0.320 e. The highest BCUT2D eigenvalue weighted by molar-refractivity contribution is 7.18. The Labute approximate surface area is 155 Å². The minimum atomic E-state index is -0.508. The van der Waals surface area contributed by atoms with Crippen LogP contribution >= 0.6 is 11.3 Å². The Hall–Kier alpha value is -3.07. The van der Waals surface area contributed by atoms with Crippen molar-refractivity contribution < 1.29 is 14.3 Å². The molecule has 8 nitrogen and oxygen atoms in total. The molecule has 26 heavy (non-hydrogen) atoms. The number of amidine groups is 1. The molecule has 1 aromatic heterocycles. The fraction of sp³-hybridized carbons (Fsp3) is 0.235. The zero-order chi connectivity index (χ0) is 19.1. The van der Waals surface area contributed by atoms with Crippen LogP contribution in [0, 0.1) is 5.41 Å². The number of methoxy groups -OCH3 is 1. The van der Waals surface area contributed by atoms with Gasteiger partial charge in [-0.15, -0.1) is 11.3 Å². The number of ether oxygens (including phenoxy) is 1. The van der Waals surface area contributed by atoms with E-state index in [2.05, 4.69) is 16.0 Å². The fourth-order valence-electron chi connectivity index (χ4n) is 2.15.